The third kappa shape index (κ3) is 5.69. The molecule has 6 heteroatoms. The molecule has 2 aromatic rings. The van der Waals surface area contributed by atoms with Crippen LogP contribution in [0.5, 0.6) is 0 Å². The first-order chi connectivity index (χ1) is 14.4. The summed E-state index contributed by atoms with van der Waals surface area (Å²) in [6, 6.07) is 14.9. The van der Waals surface area contributed by atoms with Crippen LogP contribution in [0.4, 0.5) is 11.4 Å². The molecule has 2 amide bonds. The maximum absolute atomic E-state index is 12.5. The van der Waals surface area contributed by atoms with E-state index in [1.807, 2.05) is 62.3 Å². The maximum atomic E-state index is 12.5. The van der Waals surface area contributed by atoms with Crippen LogP contribution in [0.3, 0.4) is 0 Å². The summed E-state index contributed by atoms with van der Waals surface area (Å²) in [6.45, 7) is 1.83. The summed E-state index contributed by atoms with van der Waals surface area (Å²) in [7, 11) is 3.91. The van der Waals surface area contributed by atoms with E-state index >= 15 is 0 Å². The summed E-state index contributed by atoms with van der Waals surface area (Å²) in [4.78, 5) is 26.8. The first kappa shape index (κ1) is 21.6. The molecular formula is C24H30N4O2. The second-order valence-electron chi connectivity index (χ2n) is 7.98. The lowest BCUT2D eigenvalue weighted by Gasteiger charge is -2.20. The minimum atomic E-state index is -0.263. The van der Waals surface area contributed by atoms with Crippen LogP contribution < -0.4 is 15.6 Å². The fourth-order valence-electron chi connectivity index (χ4n) is 3.61. The van der Waals surface area contributed by atoms with Crippen molar-refractivity contribution < 1.29 is 9.59 Å². The van der Waals surface area contributed by atoms with Crippen molar-refractivity contribution in [1.29, 1.82) is 0 Å². The standard InChI is InChI=1S/C24H30N4O2/c1-17(26-27-24(30)19-12-14-22(15-13-19)28(2)3)20-10-7-11-21(16-20)25-23(29)18-8-5-4-6-9-18/h7,10-16,18H,4-6,8-9H2,1-3H3,(H,25,29)(H,27,30). The van der Waals surface area contributed by atoms with Crippen LogP contribution in [-0.2, 0) is 4.79 Å². The molecule has 30 heavy (non-hydrogen) atoms. The second kappa shape index (κ2) is 10.1. The van der Waals surface area contributed by atoms with Gasteiger partial charge in [-0.1, -0.05) is 31.4 Å². The molecule has 0 atom stereocenters. The highest BCUT2D eigenvalue weighted by Crippen LogP contribution is 2.25. The van der Waals surface area contributed by atoms with Gasteiger partial charge in [0.05, 0.1) is 5.71 Å². The second-order valence-corrected chi connectivity index (χ2v) is 7.98. The number of amides is 2. The number of anilines is 2. The third-order valence-corrected chi connectivity index (χ3v) is 5.49. The Kier molecular flexibility index (Phi) is 7.22. The Labute approximate surface area is 178 Å². The highest BCUT2D eigenvalue weighted by molar-refractivity contribution is 6.02. The number of hydrogen-bond acceptors (Lipinski definition) is 4. The monoisotopic (exact) mass is 406 g/mol. The number of rotatable bonds is 6. The van der Waals surface area contributed by atoms with Gasteiger partial charge in [-0.25, -0.2) is 5.43 Å². The average Bonchev–Trinajstić information content (AvgIpc) is 2.78. The van der Waals surface area contributed by atoms with Crippen molar-refractivity contribution in [2.75, 3.05) is 24.3 Å². The highest BCUT2D eigenvalue weighted by Gasteiger charge is 2.21. The summed E-state index contributed by atoms with van der Waals surface area (Å²) in [5.74, 6) is -0.0623. The molecule has 0 unspecified atom stereocenters. The molecule has 3 rings (SSSR count). The van der Waals surface area contributed by atoms with E-state index in [4.69, 9.17) is 0 Å². The lowest BCUT2D eigenvalue weighted by atomic mass is 9.88. The predicted molar refractivity (Wildman–Crippen MR) is 122 cm³/mol. The molecule has 1 aliphatic carbocycles. The number of carbonyl (C=O) groups excluding carboxylic acids is 2. The number of benzene rings is 2. The summed E-state index contributed by atoms with van der Waals surface area (Å²) < 4.78 is 0. The summed E-state index contributed by atoms with van der Waals surface area (Å²) in [5, 5.41) is 7.26. The van der Waals surface area contributed by atoms with E-state index in [2.05, 4.69) is 15.8 Å². The quantitative estimate of drug-likeness (QED) is 0.551. The molecule has 1 fully saturated rings. The molecule has 6 nitrogen and oxygen atoms in total. The van der Waals surface area contributed by atoms with Crippen LogP contribution in [0.1, 0.15) is 54.9 Å². The molecule has 0 bridgehead atoms. The van der Waals surface area contributed by atoms with Gasteiger partial charge in [-0.3, -0.25) is 9.59 Å². The topological polar surface area (TPSA) is 73.8 Å². The van der Waals surface area contributed by atoms with Gasteiger partial charge >= 0.3 is 0 Å². The first-order valence-electron chi connectivity index (χ1n) is 10.5. The van der Waals surface area contributed by atoms with Gasteiger partial charge in [0.2, 0.25) is 5.91 Å². The summed E-state index contributed by atoms with van der Waals surface area (Å²) in [5.41, 5.74) is 6.45. The Hall–Kier alpha value is -3.15. The zero-order valence-electron chi connectivity index (χ0n) is 17.9. The van der Waals surface area contributed by atoms with Crippen molar-refractivity contribution >= 4 is 28.9 Å². The Morgan fingerprint density at radius 3 is 2.33 bits per heavy atom. The molecule has 0 aliphatic heterocycles. The van der Waals surface area contributed by atoms with Crippen molar-refractivity contribution in [3.63, 3.8) is 0 Å². The van der Waals surface area contributed by atoms with Gasteiger partial charge in [0, 0.05) is 37.0 Å². The van der Waals surface area contributed by atoms with E-state index < -0.39 is 0 Å². The largest absolute Gasteiger partial charge is 0.378 e. The minimum Gasteiger partial charge on any atom is -0.378 e. The van der Waals surface area contributed by atoms with Crippen LogP contribution >= 0.6 is 0 Å². The number of nitrogens with zero attached hydrogens (tertiary/aromatic N) is 2. The van der Waals surface area contributed by atoms with E-state index in [9.17, 15) is 9.59 Å². The van der Waals surface area contributed by atoms with E-state index in [1.54, 1.807) is 12.1 Å². The zero-order valence-corrected chi connectivity index (χ0v) is 17.9. The van der Waals surface area contributed by atoms with Gasteiger partial charge in [0.15, 0.2) is 0 Å². The molecular weight excluding hydrogens is 376 g/mol. The molecule has 0 radical (unpaired) electrons. The van der Waals surface area contributed by atoms with E-state index in [-0.39, 0.29) is 17.7 Å². The number of nitrogens with one attached hydrogen (secondary N) is 2. The van der Waals surface area contributed by atoms with E-state index in [1.165, 1.54) is 6.42 Å². The molecule has 0 heterocycles. The predicted octanol–water partition coefficient (Wildman–Crippen LogP) is 4.43. The normalized spacial score (nSPS) is 14.8. The fourth-order valence-corrected chi connectivity index (χ4v) is 3.61. The maximum Gasteiger partial charge on any atom is 0.271 e. The molecule has 158 valence electrons. The van der Waals surface area contributed by atoms with Crippen LogP contribution in [-0.4, -0.2) is 31.6 Å². The van der Waals surface area contributed by atoms with Gasteiger partial charge in [-0.2, -0.15) is 5.10 Å². The van der Waals surface area contributed by atoms with Gasteiger partial charge in [-0.05, 0) is 61.7 Å². The Morgan fingerprint density at radius 1 is 0.967 bits per heavy atom. The summed E-state index contributed by atoms with van der Waals surface area (Å²) in [6.07, 6.45) is 5.41. The Balaban J connectivity index is 1.62. The van der Waals surface area contributed by atoms with Crippen LogP contribution in [0.25, 0.3) is 0 Å². The van der Waals surface area contributed by atoms with Crippen molar-refractivity contribution in [2.45, 2.75) is 39.0 Å². The molecule has 2 aromatic carbocycles. The van der Waals surface area contributed by atoms with Crippen LogP contribution in [0.15, 0.2) is 53.6 Å². The fraction of sp³-hybridized carbons (Fsp3) is 0.375. The van der Waals surface area contributed by atoms with Gasteiger partial charge < -0.3 is 10.2 Å². The lowest BCUT2D eigenvalue weighted by molar-refractivity contribution is -0.120. The van der Waals surface area contributed by atoms with Crippen molar-refractivity contribution in [3.8, 4) is 0 Å². The molecule has 1 saturated carbocycles. The van der Waals surface area contributed by atoms with E-state index in [0.717, 1.165) is 42.6 Å². The van der Waals surface area contributed by atoms with Crippen molar-refractivity contribution in [2.24, 2.45) is 11.0 Å². The Bertz CT molecular complexity index is 913. The third-order valence-electron chi connectivity index (χ3n) is 5.49. The SMILES string of the molecule is CC(=NNC(=O)c1ccc(N(C)C)cc1)c1cccc(NC(=O)C2CCCCC2)c1. The number of carbonyl (C=O) groups is 2. The van der Waals surface area contributed by atoms with Gasteiger partial charge in [0.25, 0.3) is 5.91 Å². The van der Waals surface area contributed by atoms with Crippen LogP contribution in [0, 0.1) is 5.92 Å². The smallest absolute Gasteiger partial charge is 0.271 e. The minimum absolute atomic E-state index is 0.0934. The average molecular weight is 407 g/mol. The Morgan fingerprint density at radius 2 is 1.67 bits per heavy atom. The highest BCUT2D eigenvalue weighted by atomic mass is 16.2. The van der Waals surface area contributed by atoms with E-state index in [0.29, 0.717) is 11.3 Å². The first-order valence-corrected chi connectivity index (χ1v) is 10.5. The molecule has 2 N–H and O–H groups in total. The molecule has 0 spiro atoms. The molecule has 0 aromatic heterocycles. The number of hydrazone groups is 1. The number of hydrogen-bond donors (Lipinski definition) is 2. The van der Waals surface area contributed by atoms with Crippen LogP contribution in [0.2, 0.25) is 0 Å². The van der Waals surface area contributed by atoms with Crippen molar-refractivity contribution in [3.05, 3.63) is 59.7 Å². The summed E-state index contributed by atoms with van der Waals surface area (Å²) >= 11 is 0. The van der Waals surface area contributed by atoms with Crippen molar-refractivity contribution in [1.82, 2.24) is 5.43 Å². The zero-order chi connectivity index (χ0) is 21.5. The van der Waals surface area contributed by atoms with Gasteiger partial charge in [0.1, 0.15) is 0 Å². The molecule has 0 saturated heterocycles. The lowest BCUT2D eigenvalue weighted by Crippen LogP contribution is -2.24. The molecule has 1 aliphatic rings. The van der Waals surface area contributed by atoms with Gasteiger partial charge in [-0.15, -0.1) is 0 Å².